The van der Waals surface area contributed by atoms with Crippen LogP contribution in [0, 0.1) is 29.6 Å². The van der Waals surface area contributed by atoms with Crippen LogP contribution in [-0.2, 0) is 0 Å². The van der Waals surface area contributed by atoms with Crippen molar-refractivity contribution in [3.8, 4) is 0 Å². The first-order chi connectivity index (χ1) is 9.58. The Morgan fingerprint density at radius 3 is 1.10 bits per heavy atom. The fourth-order valence-electron chi connectivity index (χ4n) is 2.03. The van der Waals surface area contributed by atoms with Crippen molar-refractivity contribution in [1.29, 1.82) is 0 Å². The maximum absolute atomic E-state index is 2.30. The van der Waals surface area contributed by atoms with Gasteiger partial charge in [0.25, 0.3) is 0 Å². The van der Waals surface area contributed by atoms with Gasteiger partial charge >= 0.3 is 0 Å². The van der Waals surface area contributed by atoms with E-state index in [1.165, 1.54) is 32.1 Å². The average molecular weight is 301 g/mol. The summed E-state index contributed by atoms with van der Waals surface area (Å²) >= 11 is 0. The van der Waals surface area contributed by atoms with E-state index < -0.39 is 0 Å². The molecule has 0 fully saturated rings. The average Bonchev–Trinajstić information content (AvgIpc) is 2.34. The van der Waals surface area contributed by atoms with E-state index in [0.29, 0.717) is 0 Å². The van der Waals surface area contributed by atoms with Crippen LogP contribution in [-0.4, -0.2) is 0 Å². The number of hydrogen-bond acceptors (Lipinski definition) is 0. The smallest absolute Gasteiger partial charge is 0.0422 e. The standard InChI is InChI=1S/3C7H16/c1-6(2)5-7(3)4;1-5-7(4)6(2)3;1-4-5-6-7(2)3/h2*6-7H,5H2,1-4H3;7H,4-6H2,1-3H3. The van der Waals surface area contributed by atoms with Gasteiger partial charge in [0.1, 0.15) is 0 Å². The van der Waals surface area contributed by atoms with Crippen LogP contribution in [0.5, 0.6) is 0 Å². The predicted octanol–water partition coefficient (Wildman–Crippen LogP) is 8.21. The number of unbranched alkanes of at least 4 members (excludes halogenated alkanes) is 1. The molecule has 0 aromatic carbocycles. The predicted molar refractivity (Wildman–Crippen MR) is 103 cm³/mol. The van der Waals surface area contributed by atoms with Gasteiger partial charge in [0.15, 0.2) is 0 Å². The highest BCUT2D eigenvalue weighted by atomic mass is 14.1. The Labute approximate surface area is 138 Å². The van der Waals surface area contributed by atoms with E-state index in [1.54, 1.807) is 0 Å². The van der Waals surface area contributed by atoms with E-state index in [1.807, 2.05) is 0 Å². The maximum Gasteiger partial charge on any atom is -0.0422 e. The summed E-state index contributed by atoms with van der Waals surface area (Å²) in [6.07, 6.45) is 6.82. The lowest BCUT2D eigenvalue weighted by atomic mass is 9.96. The zero-order chi connectivity index (χ0) is 17.4. The van der Waals surface area contributed by atoms with Crippen LogP contribution in [0.15, 0.2) is 0 Å². The van der Waals surface area contributed by atoms with Crippen molar-refractivity contribution >= 4 is 0 Å². The van der Waals surface area contributed by atoms with Crippen LogP contribution < -0.4 is 0 Å². The SMILES string of the molecule is CC(C)CC(C)C.CCC(C)C(C)C.CCCCC(C)C. The van der Waals surface area contributed by atoms with Crippen molar-refractivity contribution in [2.24, 2.45) is 29.6 Å². The molecule has 0 aliphatic rings. The Morgan fingerprint density at radius 2 is 1.05 bits per heavy atom. The summed E-state index contributed by atoms with van der Waals surface area (Å²) in [5, 5.41) is 0. The van der Waals surface area contributed by atoms with Crippen LogP contribution >= 0.6 is 0 Å². The lowest BCUT2D eigenvalue weighted by Gasteiger charge is -2.10. The molecule has 1 atom stereocenters. The molecular weight excluding hydrogens is 252 g/mol. The first-order valence-corrected chi connectivity index (χ1v) is 9.58. The topological polar surface area (TPSA) is 0 Å². The Bertz CT molecular complexity index is 159. The second-order valence-electron chi connectivity index (χ2n) is 8.19. The molecule has 0 aliphatic carbocycles. The second kappa shape index (κ2) is 18.1. The minimum absolute atomic E-state index is 0.866. The van der Waals surface area contributed by atoms with E-state index in [9.17, 15) is 0 Å². The Morgan fingerprint density at radius 1 is 0.619 bits per heavy atom. The fraction of sp³-hybridized carbons (Fsp3) is 1.00. The number of rotatable bonds is 7. The first kappa shape index (κ1) is 25.9. The molecule has 0 aromatic rings. The lowest BCUT2D eigenvalue weighted by molar-refractivity contribution is 0.407. The van der Waals surface area contributed by atoms with Crippen LogP contribution in [0.3, 0.4) is 0 Å². The molecule has 1 unspecified atom stereocenters. The second-order valence-corrected chi connectivity index (χ2v) is 8.19. The summed E-state index contributed by atoms with van der Waals surface area (Å²) in [5.41, 5.74) is 0. The normalized spacial score (nSPS) is 12.1. The van der Waals surface area contributed by atoms with Gasteiger partial charge in [-0.1, -0.05) is 102 Å². The van der Waals surface area contributed by atoms with E-state index in [2.05, 4.69) is 76.2 Å². The summed E-state index contributed by atoms with van der Waals surface area (Å²) in [4.78, 5) is 0. The van der Waals surface area contributed by atoms with Crippen molar-refractivity contribution in [1.82, 2.24) is 0 Å². The molecule has 0 heteroatoms. The highest BCUT2D eigenvalue weighted by molar-refractivity contribution is 4.52. The quantitative estimate of drug-likeness (QED) is 0.444. The summed E-state index contributed by atoms with van der Waals surface area (Å²) < 4.78 is 0. The van der Waals surface area contributed by atoms with Crippen LogP contribution in [0.2, 0.25) is 0 Å². The molecule has 132 valence electrons. The van der Waals surface area contributed by atoms with E-state index in [0.717, 1.165) is 29.6 Å². The lowest BCUT2D eigenvalue weighted by Crippen LogP contribution is -2.00. The molecule has 0 saturated heterocycles. The van der Waals surface area contributed by atoms with Crippen LogP contribution in [0.4, 0.5) is 0 Å². The van der Waals surface area contributed by atoms with Crippen molar-refractivity contribution < 1.29 is 0 Å². The van der Waals surface area contributed by atoms with Gasteiger partial charge in [0.05, 0.1) is 0 Å². The molecule has 21 heavy (non-hydrogen) atoms. The van der Waals surface area contributed by atoms with Gasteiger partial charge in [-0.15, -0.1) is 0 Å². The molecule has 0 bridgehead atoms. The molecule has 0 amide bonds. The monoisotopic (exact) mass is 300 g/mol. The maximum atomic E-state index is 2.30. The minimum Gasteiger partial charge on any atom is -0.0654 e. The molecule has 0 rings (SSSR count). The zero-order valence-corrected chi connectivity index (χ0v) is 17.4. The van der Waals surface area contributed by atoms with E-state index in [4.69, 9.17) is 0 Å². The summed E-state index contributed by atoms with van der Waals surface area (Å²) in [6.45, 7) is 24.9. The minimum atomic E-state index is 0.866. The fourth-order valence-corrected chi connectivity index (χ4v) is 2.03. The van der Waals surface area contributed by atoms with Gasteiger partial charge < -0.3 is 0 Å². The van der Waals surface area contributed by atoms with Crippen LogP contribution in [0.1, 0.15) is 108 Å². The zero-order valence-electron chi connectivity index (χ0n) is 17.4. The van der Waals surface area contributed by atoms with Crippen molar-refractivity contribution in [3.05, 3.63) is 0 Å². The van der Waals surface area contributed by atoms with Gasteiger partial charge in [-0.3, -0.25) is 0 Å². The molecular formula is C21H48. The third kappa shape index (κ3) is 33.1. The van der Waals surface area contributed by atoms with Crippen LogP contribution in [0.25, 0.3) is 0 Å². The van der Waals surface area contributed by atoms with Gasteiger partial charge in [-0.25, -0.2) is 0 Å². The molecule has 0 heterocycles. The Balaban J connectivity index is -0.000000231. The highest BCUT2D eigenvalue weighted by Crippen LogP contribution is 2.11. The third-order valence-corrected chi connectivity index (χ3v) is 3.86. The molecule has 0 spiro atoms. The molecule has 0 saturated carbocycles. The van der Waals surface area contributed by atoms with E-state index >= 15 is 0 Å². The molecule has 0 aromatic heterocycles. The van der Waals surface area contributed by atoms with Gasteiger partial charge in [-0.05, 0) is 36.0 Å². The highest BCUT2D eigenvalue weighted by Gasteiger charge is 2.01. The van der Waals surface area contributed by atoms with Crippen molar-refractivity contribution in [2.75, 3.05) is 0 Å². The van der Waals surface area contributed by atoms with Crippen molar-refractivity contribution in [3.63, 3.8) is 0 Å². The molecule has 0 aliphatic heterocycles. The van der Waals surface area contributed by atoms with E-state index in [-0.39, 0.29) is 0 Å². The molecule has 0 nitrogen and oxygen atoms in total. The summed E-state index contributed by atoms with van der Waals surface area (Å²) in [6, 6.07) is 0. The Hall–Kier alpha value is 0. The van der Waals surface area contributed by atoms with Crippen molar-refractivity contribution in [2.45, 2.75) is 108 Å². The summed E-state index contributed by atoms with van der Waals surface area (Å²) in [7, 11) is 0. The Kier molecular flexibility index (Phi) is 22.3. The van der Waals surface area contributed by atoms with Gasteiger partial charge in [0.2, 0.25) is 0 Å². The third-order valence-electron chi connectivity index (χ3n) is 3.86. The largest absolute Gasteiger partial charge is 0.0654 e. The summed E-state index contributed by atoms with van der Waals surface area (Å²) in [5.74, 6) is 4.42. The van der Waals surface area contributed by atoms with Gasteiger partial charge in [-0.2, -0.15) is 0 Å². The number of hydrogen-bond donors (Lipinski definition) is 0. The molecule has 0 radical (unpaired) electrons. The molecule has 0 N–H and O–H groups in total. The van der Waals surface area contributed by atoms with Gasteiger partial charge in [0, 0.05) is 0 Å². The first-order valence-electron chi connectivity index (χ1n) is 9.58.